The molecule has 2 aromatic heterocycles. The largest absolute Gasteiger partial charge is 0.325 e. The second-order valence-corrected chi connectivity index (χ2v) is 8.47. The molecule has 0 atom stereocenters. The molecule has 2 aromatic carbocycles. The van der Waals surface area contributed by atoms with Gasteiger partial charge in [-0.3, -0.25) is 14.2 Å². The van der Waals surface area contributed by atoms with E-state index in [4.69, 9.17) is 16.9 Å². The van der Waals surface area contributed by atoms with Gasteiger partial charge in [-0.2, -0.15) is 5.26 Å². The number of carbonyl (C=O) groups is 1. The van der Waals surface area contributed by atoms with Crippen LogP contribution in [0.3, 0.4) is 0 Å². The molecule has 9 heteroatoms. The summed E-state index contributed by atoms with van der Waals surface area (Å²) >= 11 is 8.47. The third-order valence-electron chi connectivity index (χ3n) is 4.14. The highest BCUT2D eigenvalue weighted by Gasteiger charge is 2.16. The van der Waals surface area contributed by atoms with Gasteiger partial charge in [0.05, 0.1) is 28.6 Å². The van der Waals surface area contributed by atoms with E-state index in [0.29, 0.717) is 37.3 Å². The fraction of sp³-hybridized carbons (Fsp3) is 0.0476. The number of aromatic nitrogens is 2. The lowest BCUT2D eigenvalue weighted by molar-refractivity contribution is -0.113. The Labute approximate surface area is 184 Å². The number of amides is 1. The highest BCUT2D eigenvalue weighted by atomic mass is 35.5. The number of nitrogens with one attached hydrogen (secondary N) is 1. The number of hydrogen-bond acceptors (Lipinski definition) is 6. The number of thiophene rings is 1. The average molecular weight is 453 g/mol. The lowest BCUT2D eigenvalue weighted by atomic mass is 10.2. The molecule has 0 radical (unpaired) electrons. The summed E-state index contributed by atoms with van der Waals surface area (Å²) < 4.78 is 2.04. The number of nitrogens with zero attached hydrogens (tertiary/aromatic N) is 3. The summed E-state index contributed by atoms with van der Waals surface area (Å²) in [5.74, 6) is -0.218. The van der Waals surface area contributed by atoms with Gasteiger partial charge in [-0.05, 0) is 53.9 Å². The first-order valence-corrected chi connectivity index (χ1v) is 11.0. The fourth-order valence-electron chi connectivity index (χ4n) is 2.80. The van der Waals surface area contributed by atoms with Crippen LogP contribution in [0.1, 0.15) is 5.56 Å². The Hall–Kier alpha value is -3.12. The second-order valence-electron chi connectivity index (χ2n) is 6.18. The van der Waals surface area contributed by atoms with Gasteiger partial charge in [0.15, 0.2) is 5.16 Å². The molecule has 30 heavy (non-hydrogen) atoms. The summed E-state index contributed by atoms with van der Waals surface area (Å²) in [5, 5.41) is 14.5. The fourth-order valence-corrected chi connectivity index (χ4v) is 4.50. The maximum absolute atomic E-state index is 13.1. The molecule has 0 unspecified atom stereocenters. The molecule has 1 N–H and O–H groups in total. The van der Waals surface area contributed by atoms with E-state index in [1.54, 1.807) is 54.6 Å². The van der Waals surface area contributed by atoms with Crippen molar-refractivity contribution in [3.8, 4) is 11.8 Å². The number of carbonyl (C=O) groups excluding carboxylic acids is 1. The van der Waals surface area contributed by atoms with E-state index in [-0.39, 0.29) is 17.2 Å². The van der Waals surface area contributed by atoms with Gasteiger partial charge >= 0.3 is 0 Å². The molecule has 0 saturated carbocycles. The van der Waals surface area contributed by atoms with Crippen LogP contribution >= 0.6 is 34.7 Å². The van der Waals surface area contributed by atoms with Crippen molar-refractivity contribution in [2.75, 3.05) is 11.1 Å². The number of fused-ring (bicyclic) bond motifs is 1. The van der Waals surface area contributed by atoms with Gasteiger partial charge in [-0.15, -0.1) is 11.3 Å². The predicted octanol–water partition coefficient (Wildman–Crippen LogP) is 4.70. The monoisotopic (exact) mass is 452 g/mol. The number of halogens is 1. The van der Waals surface area contributed by atoms with E-state index < -0.39 is 0 Å². The van der Waals surface area contributed by atoms with Crippen LogP contribution < -0.4 is 10.9 Å². The molecule has 0 saturated heterocycles. The first-order valence-electron chi connectivity index (χ1n) is 8.74. The molecule has 0 spiro atoms. The molecule has 0 aliphatic rings. The summed E-state index contributed by atoms with van der Waals surface area (Å²) in [7, 11) is 0. The molecular weight excluding hydrogens is 440 g/mol. The Morgan fingerprint density at radius 3 is 2.80 bits per heavy atom. The Morgan fingerprint density at radius 2 is 2.03 bits per heavy atom. The molecule has 0 bridgehead atoms. The Morgan fingerprint density at radius 1 is 1.23 bits per heavy atom. The SMILES string of the molecule is N#Cc1cccc(NC(=O)CSc2nc3ccsc3c(=O)n2-c2ccc(Cl)cc2)c1. The first kappa shape index (κ1) is 20.2. The first-order chi connectivity index (χ1) is 14.5. The Kier molecular flexibility index (Phi) is 5.86. The van der Waals surface area contributed by atoms with Gasteiger partial charge in [0.25, 0.3) is 5.56 Å². The molecule has 0 aliphatic heterocycles. The van der Waals surface area contributed by atoms with Gasteiger partial charge in [-0.1, -0.05) is 29.4 Å². The van der Waals surface area contributed by atoms with Crippen molar-refractivity contribution >= 4 is 56.5 Å². The van der Waals surface area contributed by atoms with Gasteiger partial charge in [-0.25, -0.2) is 4.98 Å². The zero-order valence-corrected chi connectivity index (χ0v) is 17.7. The molecule has 0 fully saturated rings. The van der Waals surface area contributed by atoms with Crippen LogP contribution in [0, 0.1) is 11.3 Å². The molecule has 6 nitrogen and oxygen atoms in total. The summed E-state index contributed by atoms with van der Waals surface area (Å²) in [6, 6.07) is 17.4. The normalized spacial score (nSPS) is 10.7. The van der Waals surface area contributed by atoms with Gasteiger partial charge < -0.3 is 5.32 Å². The van der Waals surface area contributed by atoms with E-state index in [1.165, 1.54) is 15.9 Å². The third kappa shape index (κ3) is 4.24. The van der Waals surface area contributed by atoms with E-state index in [2.05, 4.69) is 10.3 Å². The highest BCUT2D eigenvalue weighted by Crippen LogP contribution is 2.24. The van der Waals surface area contributed by atoms with Crippen LogP contribution in [-0.2, 0) is 4.79 Å². The van der Waals surface area contributed by atoms with Crippen molar-refractivity contribution < 1.29 is 4.79 Å². The minimum absolute atomic E-state index is 0.0481. The van der Waals surface area contributed by atoms with E-state index in [9.17, 15) is 9.59 Å². The quantitative estimate of drug-likeness (QED) is 0.350. The number of anilines is 1. The third-order valence-corrected chi connectivity index (χ3v) is 6.22. The van der Waals surface area contributed by atoms with Crippen molar-refractivity contribution in [3.05, 3.63) is 80.9 Å². The number of rotatable bonds is 5. The minimum atomic E-state index is -0.266. The number of hydrogen-bond donors (Lipinski definition) is 1. The minimum Gasteiger partial charge on any atom is -0.325 e. The molecule has 0 aliphatic carbocycles. The predicted molar refractivity (Wildman–Crippen MR) is 121 cm³/mol. The summed E-state index contributed by atoms with van der Waals surface area (Å²) in [6.45, 7) is 0. The number of benzene rings is 2. The molecule has 4 rings (SSSR count). The zero-order chi connectivity index (χ0) is 21.1. The van der Waals surface area contributed by atoms with E-state index in [0.717, 1.165) is 11.8 Å². The summed E-state index contributed by atoms with van der Waals surface area (Å²) in [5.41, 5.74) is 2.02. The van der Waals surface area contributed by atoms with Gasteiger partial charge in [0.1, 0.15) is 4.70 Å². The number of thioether (sulfide) groups is 1. The van der Waals surface area contributed by atoms with Crippen LogP contribution in [0.4, 0.5) is 5.69 Å². The summed E-state index contributed by atoms with van der Waals surface area (Å²) in [6.07, 6.45) is 0. The van der Waals surface area contributed by atoms with Crippen LogP contribution in [0.2, 0.25) is 5.02 Å². The van der Waals surface area contributed by atoms with Crippen LogP contribution in [0.25, 0.3) is 15.9 Å². The van der Waals surface area contributed by atoms with Gasteiger partial charge in [0, 0.05) is 10.7 Å². The molecule has 2 heterocycles. The van der Waals surface area contributed by atoms with Crippen molar-refractivity contribution in [2.24, 2.45) is 0 Å². The highest BCUT2D eigenvalue weighted by molar-refractivity contribution is 7.99. The summed E-state index contributed by atoms with van der Waals surface area (Å²) in [4.78, 5) is 30.1. The molecule has 4 aromatic rings. The maximum atomic E-state index is 13.1. The lowest BCUT2D eigenvalue weighted by Gasteiger charge is -2.12. The van der Waals surface area contributed by atoms with Crippen LogP contribution in [0.15, 0.2) is 69.9 Å². The Bertz CT molecular complexity index is 1340. The maximum Gasteiger partial charge on any atom is 0.276 e. The molecule has 148 valence electrons. The topological polar surface area (TPSA) is 87.8 Å². The smallest absolute Gasteiger partial charge is 0.276 e. The van der Waals surface area contributed by atoms with E-state index in [1.807, 2.05) is 11.4 Å². The molecule has 1 amide bonds. The van der Waals surface area contributed by atoms with Crippen molar-refractivity contribution in [1.82, 2.24) is 9.55 Å². The second kappa shape index (κ2) is 8.71. The van der Waals surface area contributed by atoms with Crippen molar-refractivity contribution in [3.63, 3.8) is 0 Å². The van der Waals surface area contributed by atoms with Crippen molar-refractivity contribution in [2.45, 2.75) is 5.16 Å². The van der Waals surface area contributed by atoms with Crippen LogP contribution in [-0.4, -0.2) is 21.2 Å². The van der Waals surface area contributed by atoms with E-state index >= 15 is 0 Å². The standard InChI is InChI=1S/C21H13ClN4O2S2/c22-14-4-6-16(7-5-14)26-20(28)19-17(8-9-29-19)25-21(26)30-12-18(27)24-15-3-1-2-13(10-15)11-23/h1-10H,12H2,(H,24,27). The average Bonchev–Trinajstić information content (AvgIpc) is 3.22. The zero-order valence-electron chi connectivity index (χ0n) is 15.3. The van der Waals surface area contributed by atoms with Gasteiger partial charge in [0.2, 0.25) is 5.91 Å². The van der Waals surface area contributed by atoms with Crippen molar-refractivity contribution in [1.29, 1.82) is 5.26 Å². The Balaban J connectivity index is 1.62. The lowest BCUT2D eigenvalue weighted by Crippen LogP contribution is -2.22. The molecular formula is C21H13ClN4O2S2. The van der Waals surface area contributed by atoms with Crippen LogP contribution in [0.5, 0.6) is 0 Å². The number of nitriles is 1.